The maximum Gasteiger partial charge on any atom is 0.274 e. The standard InChI is InChI=1S/C16H23N3O2/c1-11-7-13(14(20)19(2)9-11)18-15(21)16-6-4-3-5-12(16)8-17-10-16/h7,9,12,17H,3-6,8,10H2,1-2H3,(H,18,21)/t12-,16+/m0/s1. The third kappa shape index (κ3) is 2.39. The average molecular weight is 289 g/mol. The summed E-state index contributed by atoms with van der Waals surface area (Å²) in [5.41, 5.74) is 0.888. The Labute approximate surface area is 124 Å². The maximum atomic E-state index is 12.8. The zero-order chi connectivity index (χ0) is 15.0. The van der Waals surface area contributed by atoms with Crippen LogP contribution >= 0.6 is 0 Å². The van der Waals surface area contributed by atoms with Crippen molar-refractivity contribution in [1.29, 1.82) is 0 Å². The number of amides is 1. The van der Waals surface area contributed by atoms with E-state index in [0.29, 0.717) is 11.6 Å². The van der Waals surface area contributed by atoms with Crippen molar-refractivity contribution in [2.75, 3.05) is 18.4 Å². The van der Waals surface area contributed by atoms with Crippen LogP contribution in [-0.4, -0.2) is 23.6 Å². The molecule has 0 radical (unpaired) electrons. The largest absolute Gasteiger partial charge is 0.321 e. The number of pyridine rings is 1. The molecule has 1 amide bonds. The van der Waals surface area contributed by atoms with Crippen LogP contribution in [-0.2, 0) is 11.8 Å². The topological polar surface area (TPSA) is 63.1 Å². The molecule has 1 aromatic heterocycles. The van der Waals surface area contributed by atoms with E-state index in [2.05, 4.69) is 10.6 Å². The molecule has 0 unspecified atom stereocenters. The van der Waals surface area contributed by atoms with Gasteiger partial charge in [0.05, 0.1) is 5.41 Å². The third-order valence-electron chi connectivity index (χ3n) is 5.06. The van der Waals surface area contributed by atoms with E-state index in [9.17, 15) is 9.59 Å². The van der Waals surface area contributed by atoms with Crippen molar-refractivity contribution in [1.82, 2.24) is 9.88 Å². The molecular weight excluding hydrogens is 266 g/mol. The highest BCUT2D eigenvalue weighted by Gasteiger charge is 2.49. The number of anilines is 1. The van der Waals surface area contributed by atoms with Gasteiger partial charge in [0.2, 0.25) is 5.91 Å². The van der Waals surface area contributed by atoms with Crippen LogP contribution in [0.1, 0.15) is 31.2 Å². The molecule has 0 spiro atoms. The van der Waals surface area contributed by atoms with E-state index in [1.54, 1.807) is 19.3 Å². The fourth-order valence-electron chi connectivity index (χ4n) is 3.91. The molecule has 1 aliphatic carbocycles. The Bertz CT molecular complexity index is 622. The van der Waals surface area contributed by atoms with Crippen LogP contribution in [0, 0.1) is 18.3 Å². The minimum atomic E-state index is -0.326. The van der Waals surface area contributed by atoms with Crippen molar-refractivity contribution in [2.24, 2.45) is 18.4 Å². The number of fused-ring (bicyclic) bond motifs is 1. The summed E-state index contributed by atoms with van der Waals surface area (Å²) < 4.78 is 1.52. The highest BCUT2D eigenvalue weighted by atomic mass is 16.2. The van der Waals surface area contributed by atoms with Gasteiger partial charge >= 0.3 is 0 Å². The van der Waals surface area contributed by atoms with Gasteiger partial charge in [0.1, 0.15) is 5.69 Å². The van der Waals surface area contributed by atoms with Gasteiger partial charge in [0, 0.05) is 19.8 Å². The number of aromatic nitrogens is 1. The van der Waals surface area contributed by atoms with Crippen molar-refractivity contribution in [3.63, 3.8) is 0 Å². The number of hydrogen-bond acceptors (Lipinski definition) is 3. The second kappa shape index (κ2) is 5.30. The van der Waals surface area contributed by atoms with Gasteiger partial charge in [-0.05, 0) is 43.9 Å². The fraction of sp³-hybridized carbons (Fsp3) is 0.625. The van der Waals surface area contributed by atoms with E-state index in [1.807, 2.05) is 6.92 Å². The summed E-state index contributed by atoms with van der Waals surface area (Å²) in [5.74, 6) is 0.416. The maximum absolute atomic E-state index is 12.8. The van der Waals surface area contributed by atoms with Gasteiger partial charge in [-0.1, -0.05) is 12.8 Å². The molecule has 2 N–H and O–H groups in total. The van der Waals surface area contributed by atoms with E-state index < -0.39 is 0 Å². The van der Waals surface area contributed by atoms with E-state index in [0.717, 1.165) is 37.9 Å². The van der Waals surface area contributed by atoms with Crippen LogP contribution in [0.15, 0.2) is 17.1 Å². The molecule has 1 aromatic rings. The molecule has 0 aromatic carbocycles. The van der Waals surface area contributed by atoms with Gasteiger partial charge in [-0.3, -0.25) is 9.59 Å². The van der Waals surface area contributed by atoms with E-state index in [-0.39, 0.29) is 16.9 Å². The Morgan fingerprint density at radius 3 is 3.10 bits per heavy atom. The highest BCUT2D eigenvalue weighted by Crippen LogP contribution is 2.44. The van der Waals surface area contributed by atoms with Crippen LogP contribution in [0.4, 0.5) is 5.69 Å². The zero-order valence-electron chi connectivity index (χ0n) is 12.7. The van der Waals surface area contributed by atoms with E-state index in [1.165, 1.54) is 11.0 Å². The smallest absolute Gasteiger partial charge is 0.274 e. The lowest BCUT2D eigenvalue weighted by molar-refractivity contribution is -0.128. The second-order valence-corrected chi connectivity index (χ2v) is 6.53. The molecule has 2 heterocycles. The van der Waals surface area contributed by atoms with E-state index in [4.69, 9.17) is 0 Å². The van der Waals surface area contributed by atoms with Crippen molar-refractivity contribution in [3.8, 4) is 0 Å². The number of hydrogen-bond donors (Lipinski definition) is 2. The molecular formula is C16H23N3O2. The van der Waals surface area contributed by atoms with Gasteiger partial charge in [-0.25, -0.2) is 0 Å². The molecule has 1 saturated carbocycles. The van der Waals surface area contributed by atoms with Gasteiger partial charge in [-0.2, -0.15) is 0 Å². The number of carbonyl (C=O) groups excluding carboxylic acids is 1. The summed E-state index contributed by atoms with van der Waals surface area (Å²) in [6, 6.07) is 1.76. The summed E-state index contributed by atoms with van der Waals surface area (Å²) in [7, 11) is 1.71. The second-order valence-electron chi connectivity index (χ2n) is 6.53. The number of aryl methyl sites for hydroxylation is 2. The average Bonchev–Trinajstić information content (AvgIpc) is 2.89. The summed E-state index contributed by atoms with van der Waals surface area (Å²) >= 11 is 0. The molecule has 2 fully saturated rings. The van der Waals surface area contributed by atoms with Crippen molar-refractivity contribution in [3.05, 3.63) is 28.2 Å². The van der Waals surface area contributed by atoms with Gasteiger partial charge in [0.15, 0.2) is 0 Å². The van der Waals surface area contributed by atoms with Gasteiger partial charge in [0.25, 0.3) is 5.56 Å². The summed E-state index contributed by atoms with van der Waals surface area (Å²) in [6.07, 6.45) is 6.09. The monoisotopic (exact) mass is 289 g/mol. The van der Waals surface area contributed by atoms with Gasteiger partial charge in [-0.15, -0.1) is 0 Å². The van der Waals surface area contributed by atoms with Crippen LogP contribution in [0.3, 0.4) is 0 Å². The zero-order valence-corrected chi connectivity index (χ0v) is 12.7. The first-order valence-corrected chi connectivity index (χ1v) is 7.72. The van der Waals surface area contributed by atoms with Crippen molar-refractivity contribution in [2.45, 2.75) is 32.6 Å². The highest BCUT2D eigenvalue weighted by molar-refractivity contribution is 5.96. The summed E-state index contributed by atoms with van der Waals surface area (Å²) in [6.45, 7) is 3.57. The third-order valence-corrected chi connectivity index (χ3v) is 5.06. The predicted molar refractivity (Wildman–Crippen MR) is 82.3 cm³/mol. The molecule has 1 aliphatic heterocycles. The van der Waals surface area contributed by atoms with Crippen LogP contribution in [0.5, 0.6) is 0 Å². The van der Waals surface area contributed by atoms with E-state index >= 15 is 0 Å². The molecule has 5 nitrogen and oxygen atoms in total. The molecule has 2 aliphatic rings. The molecule has 3 rings (SSSR count). The molecule has 21 heavy (non-hydrogen) atoms. The molecule has 114 valence electrons. The van der Waals surface area contributed by atoms with Gasteiger partial charge < -0.3 is 15.2 Å². The van der Waals surface area contributed by atoms with Crippen LogP contribution in [0.25, 0.3) is 0 Å². The number of nitrogens with one attached hydrogen (secondary N) is 2. The Morgan fingerprint density at radius 2 is 2.29 bits per heavy atom. The normalized spacial score (nSPS) is 28.2. The molecule has 0 bridgehead atoms. The number of nitrogens with zero attached hydrogens (tertiary/aromatic N) is 1. The Morgan fingerprint density at radius 1 is 1.48 bits per heavy atom. The number of rotatable bonds is 2. The first-order valence-electron chi connectivity index (χ1n) is 7.72. The lowest BCUT2D eigenvalue weighted by atomic mass is 9.67. The van der Waals surface area contributed by atoms with Crippen molar-refractivity contribution < 1.29 is 4.79 Å². The van der Waals surface area contributed by atoms with Crippen LogP contribution < -0.4 is 16.2 Å². The lowest BCUT2D eigenvalue weighted by Gasteiger charge is -2.37. The lowest BCUT2D eigenvalue weighted by Crippen LogP contribution is -2.45. The SMILES string of the molecule is Cc1cc(NC(=O)[C@@]23CCCC[C@H]2CNC3)c(=O)n(C)c1. The molecule has 5 heteroatoms. The minimum absolute atomic E-state index is 0.0138. The molecule has 2 atom stereocenters. The Kier molecular flexibility index (Phi) is 3.61. The quantitative estimate of drug-likeness (QED) is 0.865. The molecule has 1 saturated heterocycles. The first kappa shape index (κ1) is 14.3. The Hall–Kier alpha value is -1.62. The summed E-state index contributed by atoms with van der Waals surface area (Å²) in [5, 5.41) is 6.28. The Balaban J connectivity index is 1.88. The summed E-state index contributed by atoms with van der Waals surface area (Å²) in [4.78, 5) is 25.0. The van der Waals surface area contributed by atoms with Crippen molar-refractivity contribution >= 4 is 11.6 Å². The number of carbonyl (C=O) groups is 1. The first-order chi connectivity index (χ1) is 10.0. The van der Waals surface area contributed by atoms with Crippen LogP contribution in [0.2, 0.25) is 0 Å². The minimum Gasteiger partial charge on any atom is -0.321 e. The fourth-order valence-corrected chi connectivity index (χ4v) is 3.91. The predicted octanol–water partition coefficient (Wildman–Crippen LogP) is 1.41.